The topological polar surface area (TPSA) is 79.7 Å². The Bertz CT molecular complexity index is 1330. The van der Waals surface area contributed by atoms with Crippen molar-refractivity contribution >= 4 is 10.9 Å². The summed E-state index contributed by atoms with van der Waals surface area (Å²) in [5, 5.41) is 13.9. The molecule has 5 rings (SSSR count). The summed E-state index contributed by atoms with van der Waals surface area (Å²) in [6.45, 7) is 8.77. The predicted octanol–water partition coefficient (Wildman–Crippen LogP) is 4.00. The molecule has 2 aromatic carbocycles. The van der Waals surface area contributed by atoms with Gasteiger partial charge in [0.15, 0.2) is 5.82 Å². The number of aromatic amines is 1. The maximum absolute atomic E-state index is 13.5. The first-order chi connectivity index (χ1) is 16.0. The molecule has 0 aliphatic carbocycles. The number of aromatic nitrogens is 5. The van der Waals surface area contributed by atoms with Gasteiger partial charge in [-0.25, -0.2) is 4.68 Å². The first-order valence-corrected chi connectivity index (χ1v) is 11.7. The predicted molar refractivity (Wildman–Crippen MR) is 129 cm³/mol. The van der Waals surface area contributed by atoms with E-state index in [1.165, 1.54) is 6.42 Å². The number of aryl methyl sites for hydroxylation is 2. The molecule has 0 amide bonds. The molecule has 0 radical (unpaired) electrons. The molecule has 0 unspecified atom stereocenters. The Hall–Kier alpha value is -3.32. The van der Waals surface area contributed by atoms with Gasteiger partial charge in [-0.05, 0) is 72.3 Å². The number of nitrogens with zero attached hydrogens (tertiary/aromatic N) is 5. The third-order valence-electron chi connectivity index (χ3n) is 6.80. The van der Waals surface area contributed by atoms with Crippen molar-refractivity contribution in [3.8, 4) is 0 Å². The summed E-state index contributed by atoms with van der Waals surface area (Å²) in [4.78, 5) is 19.0. The Morgan fingerprint density at radius 1 is 1.12 bits per heavy atom. The number of rotatable bonds is 5. The third kappa shape index (κ3) is 4.20. The number of tetrazole rings is 1. The van der Waals surface area contributed by atoms with Gasteiger partial charge in [0.1, 0.15) is 6.04 Å². The van der Waals surface area contributed by atoms with E-state index in [-0.39, 0.29) is 11.6 Å². The second kappa shape index (κ2) is 8.90. The summed E-state index contributed by atoms with van der Waals surface area (Å²) in [5.74, 6) is 1.27. The van der Waals surface area contributed by atoms with E-state index in [4.69, 9.17) is 0 Å². The van der Waals surface area contributed by atoms with E-state index in [9.17, 15) is 4.79 Å². The molecule has 2 aromatic heterocycles. The summed E-state index contributed by atoms with van der Waals surface area (Å²) in [7, 11) is 0. The largest absolute Gasteiger partial charge is 0.321 e. The van der Waals surface area contributed by atoms with Crippen molar-refractivity contribution in [1.82, 2.24) is 30.1 Å². The number of likely N-dealkylation sites (tertiary alicyclic amines) is 1. The van der Waals surface area contributed by atoms with E-state index in [1.54, 1.807) is 0 Å². The molecule has 170 valence electrons. The molecule has 1 fully saturated rings. The normalized spacial score (nSPS) is 18.0. The summed E-state index contributed by atoms with van der Waals surface area (Å²) in [6.07, 6.45) is 2.30. The SMILES string of the molecule is Cc1ccc(C)c2[nH]c(=O)c([C@H](c3nnnn3Cc3ccccc3)N3CCC[C@H](C)C3)cc12. The Kier molecular flexibility index (Phi) is 5.81. The molecule has 1 N–H and O–H groups in total. The van der Waals surface area contributed by atoms with Gasteiger partial charge in [0.05, 0.1) is 12.1 Å². The van der Waals surface area contributed by atoms with Crippen molar-refractivity contribution in [2.24, 2.45) is 5.92 Å². The zero-order valence-corrected chi connectivity index (χ0v) is 19.5. The van der Waals surface area contributed by atoms with Crippen molar-refractivity contribution in [3.05, 3.63) is 87.0 Å². The van der Waals surface area contributed by atoms with Gasteiger partial charge in [-0.1, -0.05) is 49.4 Å². The van der Waals surface area contributed by atoms with Gasteiger partial charge >= 0.3 is 0 Å². The van der Waals surface area contributed by atoms with Gasteiger partial charge in [0.25, 0.3) is 5.56 Å². The molecule has 3 heterocycles. The lowest BCUT2D eigenvalue weighted by atomic mass is 9.95. The first kappa shape index (κ1) is 21.5. The van der Waals surface area contributed by atoms with Crippen LogP contribution in [0, 0.1) is 19.8 Å². The van der Waals surface area contributed by atoms with E-state index in [1.807, 2.05) is 29.8 Å². The average molecular weight is 443 g/mol. The standard InChI is InChI=1S/C26H30N6O/c1-17-8-7-13-31(15-17)24(25-28-29-30-32(25)16-20-9-5-4-6-10-20)22-14-21-18(2)11-12-19(3)23(21)27-26(22)33/h4-6,9-12,14,17,24H,7-8,13,15-16H2,1-3H3,(H,27,33)/t17-,24+/m0/s1. The van der Waals surface area contributed by atoms with Gasteiger partial charge in [0, 0.05) is 17.5 Å². The van der Waals surface area contributed by atoms with Gasteiger partial charge < -0.3 is 4.98 Å². The number of hydrogen-bond donors (Lipinski definition) is 1. The smallest absolute Gasteiger partial charge is 0.253 e. The van der Waals surface area contributed by atoms with E-state index >= 15 is 0 Å². The Morgan fingerprint density at radius 3 is 2.70 bits per heavy atom. The maximum Gasteiger partial charge on any atom is 0.253 e. The van der Waals surface area contributed by atoms with Crippen LogP contribution in [0.3, 0.4) is 0 Å². The van der Waals surface area contributed by atoms with Gasteiger partial charge in [-0.15, -0.1) is 5.10 Å². The van der Waals surface area contributed by atoms with E-state index < -0.39 is 0 Å². The zero-order chi connectivity index (χ0) is 22.9. The van der Waals surface area contributed by atoms with Crippen molar-refractivity contribution in [1.29, 1.82) is 0 Å². The number of piperidine rings is 1. The van der Waals surface area contributed by atoms with Crippen LogP contribution in [-0.4, -0.2) is 43.2 Å². The molecular formula is C26H30N6O. The minimum absolute atomic E-state index is 0.0753. The number of pyridine rings is 1. The zero-order valence-electron chi connectivity index (χ0n) is 19.5. The minimum atomic E-state index is -0.306. The summed E-state index contributed by atoms with van der Waals surface area (Å²) >= 11 is 0. The van der Waals surface area contributed by atoms with E-state index in [2.05, 4.69) is 69.6 Å². The van der Waals surface area contributed by atoms with Crippen LogP contribution in [0.15, 0.2) is 53.3 Å². The van der Waals surface area contributed by atoms with Gasteiger partial charge in [0.2, 0.25) is 0 Å². The van der Waals surface area contributed by atoms with Gasteiger partial charge in [-0.3, -0.25) is 9.69 Å². The van der Waals surface area contributed by atoms with E-state index in [0.29, 0.717) is 23.9 Å². The van der Waals surface area contributed by atoms with Crippen molar-refractivity contribution in [2.45, 2.75) is 46.2 Å². The average Bonchev–Trinajstić information content (AvgIpc) is 3.26. The van der Waals surface area contributed by atoms with Crippen LogP contribution in [0.2, 0.25) is 0 Å². The molecule has 1 aliphatic heterocycles. The molecule has 0 saturated carbocycles. The van der Waals surface area contributed by atoms with Gasteiger partial charge in [-0.2, -0.15) is 0 Å². The summed E-state index contributed by atoms with van der Waals surface area (Å²) < 4.78 is 1.84. The lowest BCUT2D eigenvalue weighted by Gasteiger charge is -2.36. The van der Waals surface area contributed by atoms with Crippen LogP contribution in [-0.2, 0) is 6.54 Å². The molecular weight excluding hydrogens is 412 g/mol. The number of nitrogens with one attached hydrogen (secondary N) is 1. The highest BCUT2D eigenvalue weighted by Gasteiger charge is 2.33. The maximum atomic E-state index is 13.5. The molecule has 4 aromatic rings. The lowest BCUT2D eigenvalue weighted by molar-refractivity contribution is 0.141. The number of fused-ring (bicyclic) bond motifs is 1. The van der Waals surface area contributed by atoms with Crippen molar-refractivity contribution in [2.75, 3.05) is 13.1 Å². The van der Waals surface area contributed by atoms with Crippen LogP contribution in [0.5, 0.6) is 0 Å². The van der Waals surface area contributed by atoms with Crippen molar-refractivity contribution in [3.63, 3.8) is 0 Å². The van der Waals surface area contributed by atoms with Crippen LogP contribution in [0.1, 0.15) is 53.9 Å². The third-order valence-corrected chi connectivity index (χ3v) is 6.80. The number of hydrogen-bond acceptors (Lipinski definition) is 5. The second-order valence-corrected chi connectivity index (χ2v) is 9.37. The highest BCUT2D eigenvalue weighted by atomic mass is 16.1. The summed E-state index contributed by atoms with van der Waals surface area (Å²) in [5.41, 5.74) is 4.86. The van der Waals surface area contributed by atoms with Crippen LogP contribution >= 0.6 is 0 Å². The first-order valence-electron chi connectivity index (χ1n) is 11.7. The molecule has 0 bridgehead atoms. The molecule has 1 aliphatic rings. The fourth-order valence-electron chi connectivity index (χ4n) is 5.03. The van der Waals surface area contributed by atoms with Crippen LogP contribution in [0.4, 0.5) is 0 Å². The highest BCUT2D eigenvalue weighted by Crippen LogP contribution is 2.32. The van der Waals surface area contributed by atoms with E-state index in [0.717, 1.165) is 47.1 Å². The van der Waals surface area contributed by atoms with Crippen molar-refractivity contribution < 1.29 is 0 Å². The van der Waals surface area contributed by atoms with Crippen LogP contribution < -0.4 is 5.56 Å². The highest BCUT2D eigenvalue weighted by molar-refractivity contribution is 5.85. The Labute approximate surface area is 193 Å². The monoisotopic (exact) mass is 442 g/mol. The quantitative estimate of drug-likeness (QED) is 0.505. The molecule has 33 heavy (non-hydrogen) atoms. The lowest BCUT2D eigenvalue weighted by Crippen LogP contribution is -2.41. The molecule has 0 spiro atoms. The molecule has 7 heteroatoms. The molecule has 1 saturated heterocycles. The fraction of sp³-hybridized carbons (Fsp3) is 0.385. The summed E-state index contributed by atoms with van der Waals surface area (Å²) in [6, 6.07) is 16.1. The Morgan fingerprint density at radius 2 is 1.91 bits per heavy atom. The second-order valence-electron chi connectivity index (χ2n) is 9.37. The number of benzene rings is 2. The number of H-pyrrole nitrogens is 1. The van der Waals surface area contributed by atoms with Crippen LogP contribution in [0.25, 0.3) is 10.9 Å². The fourth-order valence-corrected chi connectivity index (χ4v) is 5.03. The molecule has 7 nitrogen and oxygen atoms in total. The minimum Gasteiger partial charge on any atom is -0.321 e. The molecule has 2 atom stereocenters. The Balaban J connectivity index is 1.66.